The van der Waals surface area contributed by atoms with Crippen LogP contribution < -0.4 is 0 Å². The molecule has 0 unspecified atom stereocenters. The van der Waals surface area contributed by atoms with Gasteiger partial charge in [0.2, 0.25) is 0 Å². The van der Waals surface area contributed by atoms with Crippen LogP contribution in [0.15, 0.2) is 16.6 Å². The lowest BCUT2D eigenvalue weighted by atomic mass is 10.1. The second kappa shape index (κ2) is 3.35. The van der Waals surface area contributed by atoms with E-state index in [0.717, 1.165) is 17.5 Å². The van der Waals surface area contributed by atoms with Gasteiger partial charge in [-0.1, -0.05) is 6.92 Å². The van der Waals surface area contributed by atoms with Crippen molar-refractivity contribution in [3.63, 3.8) is 0 Å². The van der Waals surface area contributed by atoms with Crippen LogP contribution in [-0.4, -0.2) is 0 Å². The van der Waals surface area contributed by atoms with Crippen molar-refractivity contribution in [1.82, 2.24) is 0 Å². The van der Waals surface area contributed by atoms with Crippen molar-refractivity contribution in [1.29, 1.82) is 0 Å². The van der Waals surface area contributed by atoms with E-state index in [0.29, 0.717) is 4.47 Å². The Morgan fingerprint density at radius 3 is 2.64 bits per heavy atom. The Labute approximate surface area is 74.6 Å². The summed E-state index contributed by atoms with van der Waals surface area (Å²) in [5, 5.41) is 0. The molecule has 11 heavy (non-hydrogen) atoms. The van der Waals surface area contributed by atoms with Crippen molar-refractivity contribution in [2.24, 2.45) is 0 Å². The Kier molecular flexibility index (Phi) is 2.66. The van der Waals surface area contributed by atoms with Gasteiger partial charge in [0.15, 0.2) is 0 Å². The number of halogens is 2. The SMILES string of the molecule is CCc1cc(F)c(Br)cc1C. The van der Waals surface area contributed by atoms with Crippen LogP contribution in [0, 0.1) is 12.7 Å². The van der Waals surface area contributed by atoms with Crippen molar-refractivity contribution >= 4 is 15.9 Å². The van der Waals surface area contributed by atoms with Crippen LogP contribution in [0.25, 0.3) is 0 Å². The molecule has 60 valence electrons. The van der Waals surface area contributed by atoms with Gasteiger partial charge in [-0.05, 0) is 52.5 Å². The highest BCUT2D eigenvalue weighted by Crippen LogP contribution is 2.20. The van der Waals surface area contributed by atoms with Gasteiger partial charge in [0.1, 0.15) is 5.82 Å². The Bertz CT molecular complexity index is 269. The monoisotopic (exact) mass is 216 g/mol. The minimum absolute atomic E-state index is 0.174. The third-order valence-corrected chi connectivity index (χ3v) is 2.37. The van der Waals surface area contributed by atoms with E-state index in [1.54, 1.807) is 6.07 Å². The zero-order valence-corrected chi connectivity index (χ0v) is 8.20. The number of aryl methyl sites for hydroxylation is 2. The van der Waals surface area contributed by atoms with Gasteiger partial charge < -0.3 is 0 Å². The standard InChI is InChI=1S/C9H10BrF/c1-3-7-5-9(11)8(10)4-6(7)2/h4-5H,3H2,1-2H3. The summed E-state index contributed by atoms with van der Waals surface area (Å²) in [6.07, 6.45) is 0.885. The van der Waals surface area contributed by atoms with Crippen molar-refractivity contribution in [2.45, 2.75) is 20.3 Å². The molecule has 0 N–H and O–H groups in total. The summed E-state index contributed by atoms with van der Waals surface area (Å²) in [7, 11) is 0. The lowest BCUT2D eigenvalue weighted by molar-refractivity contribution is 0.618. The summed E-state index contributed by atoms with van der Waals surface area (Å²) in [5.74, 6) is -0.174. The number of hydrogen-bond donors (Lipinski definition) is 0. The average Bonchev–Trinajstić information content (AvgIpc) is 1.97. The molecule has 0 fully saturated rings. The largest absolute Gasteiger partial charge is 0.206 e. The lowest BCUT2D eigenvalue weighted by Crippen LogP contribution is -1.89. The number of rotatable bonds is 1. The summed E-state index contributed by atoms with van der Waals surface area (Å²) in [6.45, 7) is 4.01. The molecule has 0 amide bonds. The van der Waals surface area contributed by atoms with E-state index in [1.165, 1.54) is 0 Å². The molecule has 0 aliphatic rings. The molecular formula is C9H10BrF. The van der Waals surface area contributed by atoms with Crippen LogP contribution in [-0.2, 0) is 6.42 Å². The van der Waals surface area contributed by atoms with E-state index >= 15 is 0 Å². The van der Waals surface area contributed by atoms with Gasteiger partial charge in [0.25, 0.3) is 0 Å². The van der Waals surface area contributed by atoms with Gasteiger partial charge in [-0.3, -0.25) is 0 Å². The molecule has 0 heterocycles. The third kappa shape index (κ3) is 1.80. The highest BCUT2D eigenvalue weighted by molar-refractivity contribution is 9.10. The van der Waals surface area contributed by atoms with Gasteiger partial charge in [-0.15, -0.1) is 0 Å². The third-order valence-electron chi connectivity index (χ3n) is 1.76. The molecule has 1 aromatic rings. The van der Waals surface area contributed by atoms with Gasteiger partial charge >= 0.3 is 0 Å². The van der Waals surface area contributed by atoms with E-state index in [4.69, 9.17) is 0 Å². The van der Waals surface area contributed by atoms with Gasteiger partial charge in [-0.2, -0.15) is 0 Å². The average molecular weight is 217 g/mol. The summed E-state index contributed by atoms with van der Waals surface area (Å²) >= 11 is 3.13. The molecule has 1 rings (SSSR count). The van der Waals surface area contributed by atoms with Crippen molar-refractivity contribution in [3.8, 4) is 0 Å². The molecule has 1 aromatic carbocycles. The molecule has 0 spiro atoms. The molecule has 0 atom stereocenters. The molecule has 0 aliphatic heterocycles. The van der Waals surface area contributed by atoms with Gasteiger partial charge in [0.05, 0.1) is 4.47 Å². The second-order valence-electron chi connectivity index (χ2n) is 2.55. The van der Waals surface area contributed by atoms with Crippen LogP contribution >= 0.6 is 15.9 Å². The van der Waals surface area contributed by atoms with Crippen LogP contribution in [0.4, 0.5) is 4.39 Å². The topological polar surface area (TPSA) is 0 Å². The minimum atomic E-state index is -0.174. The van der Waals surface area contributed by atoms with Crippen LogP contribution in [0.2, 0.25) is 0 Å². The molecule has 0 nitrogen and oxygen atoms in total. The first kappa shape index (κ1) is 8.72. The van der Waals surface area contributed by atoms with E-state index in [-0.39, 0.29) is 5.82 Å². The normalized spacial score (nSPS) is 10.2. The van der Waals surface area contributed by atoms with Gasteiger partial charge in [-0.25, -0.2) is 4.39 Å². The first-order valence-corrected chi connectivity index (χ1v) is 4.39. The first-order valence-electron chi connectivity index (χ1n) is 3.59. The molecule has 2 heteroatoms. The first-order chi connectivity index (χ1) is 5.15. The molecule has 0 radical (unpaired) electrons. The van der Waals surface area contributed by atoms with Crippen LogP contribution in [0.3, 0.4) is 0 Å². The maximum atomic E-state index is 12.9. The zero-order chi connectivity index (χ0) is 8.43. The minimum Gasteiger partial charge on any atom is -0.206 e. The van der Waals surface area contributed by atoms with Gasteiger partial charge in [0, 0.05) is 0 Å². The summed E-state index contributed by atoms with van der Waals surface area (Å²) < 4.78 is 13.4. The zero-order valence-electron chi connectivity index (χ0n) is 6.62. The van der Waals surface area contributed by atoms with E-state index < -0.39 is 0 Å². The fraction of sp³-hybridized carbons (Fsp3) is 0.333. The predicted molar refractivity (Wildman–Crippen MR) is 48.2 cm³/mol. The number of hydrogen-bond acceptors (Lipinski definition) is 0. The van der Waals surface area contributed by atoms with Crippen LogP contribution in [0.5, 0.6) is 0 Å². The smallest absolute Gasteiger partial charge is 0.137 e. The molecule has 0 bridgehead atoms. The quantitative estimate of drug-likeness (QED) is 0.675. The summed E-state index contributed by atoms with van der Waals surface area (Å²) in [5.41, 5.74) is 2.21. The fourth-order valence-corrected chi connectivity index (χ4v) is 1.53. The Balaban J connectivity index is 3.21. The molecule has 0 aromatic heterocycles. The van der Waals surface area contributed by atoms with Crippen molar-refractivity contribution in [3.05, 3.63) is 33.5 Å². The predicted octanol–water partition coefficient (Wildman–Crippen LogP) is 3.46. The maximum Gasteiger partial charge on any atom is 0.137 e. The fourth-order valence-electron chi connectivity index (χ4n) is 1.07. The van der Waals surface area contributed by atoms with Crippen molar-refractivity contribution in [2.75, 3.05) is 0 Å². The highest BCUT2D eigenvalue weighted by Gasteiger charge is 2.02. The molecule has 0 aliphatic carbocycles. The lowest BCUT2D eigenvalue weighted by Gasteiger charge is -2.03. The molecule has 0 saturated carbocycles. The van der Waals surface area contributed by atoms with Crippen molar-refractivity contribution < 1.29 is 4.39 Å². The second-order valence-corrected chi connectivity index (χ2v) is 3.40. The highest BCUT2D eigenvalue weighted by atomic mass is 79.9. The van der Waals surface area contributed by atoms with E-state index in [2.05, 4.69) is 15.9 Å². The number of benzene rings is 1. The summed E-state index contributed by atoms with van der Waals surface area (Å²) in [6, 6.07) is 3.40. The molecule has 0 saturated heterocycles. The Morgan fingerprint density at radius 2 is 2.09 bits per heavy atom. The Hall–Kier alpha value is -0.370. The summed E-state index contributed by atoms with van der Waals surface area (Å²) in [4.78, 5) is 0. The molecular weight excluding hydrogens is 207 g/mol. The van der Waals surface area contributed by atoms with E-state index in [1.807, 2.05) is 19.9 Å². The maximum absolute atomic E-state index is 12.9. The Morgan fingerprint density at radius 1 is 1.45 bits per heavy atom. The van der Waals surface area contributed by atoms with Crippen LogP contribution in [0.1, 0.15) is 18.1 Å². The van der Waals surface area contributed by atoms with E-state index in [9.17, 15) is 4.39 Å².